The van der Waals surface area contributed by atoms with Crippen LogP contribution in [0.2, 0.25) is 0 Å². The quantitative estimate of drug-likeness (QED) is 0.223. The van der Waals surface area contributed by atoms with Crippen LogP contribution in [0.1, 0.15) is 96.8 Å². The largest absolute Gasteiger partial charge is 0.481 e. The monoisotopic (exact) mass is 327 g/mol. The zero-order chi connectivity index (χ0) is 17.3. The summed E-state index contributed by atoms with van der Waals surface area (Å²) in [5, 5.41) is 19.5. The fraction of sp³-hybridized carbons (Fsp3) is 0.833. The van der Waals surface area contributed by atoms with Crippen LogP contribution in [0, 0.1) is 10.1 Å². The molecular formula is C18H33NO4. The molecule has 0 radical (unpaired) electrons. The van der Waals surface area contributed by atoms with Crippen molar-refractivity contribution in [1.29, 1.82) is 0 Å². The molecule has 0 unspecified atom stereocenters. The summed E-state index contributed by atoms with van der Waals surface area (Å²) in [6, 6.07) is 0. The van der Waals surface area contributed by atoms with Crippen molar-refractivity contribution < 1.29 is 14.8 Å². The van der Waals surface area contributed by atoms with Gasteiger partial charge in [-0.2, -0.15) is 0 Å². The van der Waals surface area contributed by atoms with E-state index in [0.29, 0.717) is 18.5 Å². The van der Waals surface area contributed by atoms with Crippen LogP contribution in [0.3, 0.4) is 0 Å². The average Bonchev–Trinajstić information content (AvgIpc) is 2.50. The zero-order valence-corrected chi connectivity index (χ0v) is 14.6. The van der Waals surface area contributed by atoms with Crippen LogP contribution < -0.4 is 0 Å². The first kappa shape index (κ1) is 21.6. The highest BCUT2D eigenvalue weighted by atomic mass is 16.6. The summed E-state index contributed by atoms with van der Waals surface area (Å²) in [6.45, 7) is 2.20. The molecule has 0 aromatic heterocycles. The van der Waals surface area contributed by atoms with Crippen molar-refractivity contribution in [1.82, 2.24) is 0 Å². The number of rotatable bonds is 16. The Labute approximate surface area is 140 Å². The van der Waals surface area contributed by atoms with Crippen molar-refractivity contribution in [3.05, 3.63) is 21.9 Å². The van der Waals surface area contributed by atoms with Crippen LogP contribution in [0.5, 0.6) is 0 Å². The van der Waals surface area contributed by atoms with Gasteiger partial charge >= 0.3 is 5.97 Å². The number of hydrogen-bond acceptors (Lipinski definition) is 3. The third-order valence-electron chi connectivity index (χ3n) is 4.00. The molecule has 0 amide bonds. The van der Waals surface area contributed by atoms with Gasteiger partial charge in [-0.25, -0.2) is 0 Å². The van der Waals surface area contributed by atoms with Crippen LogP contribution in [0.4, 0.5) is 0 Å². The number of allylic oxidation sites excluding steroid dienone is 2. The van der Waals surface area contributed by atoms with E-state index in [-0.39, 0.29) is 11.3 Å². The highest BCUT2D eigenvalue weighted by Gasteiger charge is 2.09. The molecule has 0 rings (SSSR count). The van der Waals surface area contributed by atoms with Crippen LogP contribution in [0.25, 0.3) is 0 Å². The molecule has 0 bridgehead atoms. The Morgan fingerprint density at radius 1 is 0.913 bits per heavy atom. The van der Waals surface area contributed by atoms with Gasteiger partial charge in [0.15, 0.2) is 0 Å². The van der Waals surface area contributed by atoms with Gasteiger partial charge in [-0.05, 0) is 31.8 Å². The van der Waals surface area contributed by atoms with Crippen molar-refractivity contribution in [2.45, 2.75) is 96.8 Å². The second-order valence-electron chi connectivity index (χ2n) is 6.17. The highest BCUT2D eigenvalue weighted by Crippen LogP contribution is 2.14. The molecule has 0 aromatic carbocycles. The minimum atomic E-state index is -0.773. The van der Waals surface area contributed by atoms with Crippen LogP contribution in [-0.2, 0) is 4.79 Å². The Bertz CT molecular complexity index is 353. The van der Waals surface area contributed by atoms with E-state index in [4.69, 9.17) is 5.11 Å². The lowest BCUT2D eigenvalue weighted by Gasteiger charge is -2.01. The molecule has 0 fully saturated rings. The van der Waals surface area contributed by atoms with E-state index in [0.717, 1.165) is 38.5 Å². The Morgan fingerprint density at radius 2 is 1.43 bits per heavy atom. The Morgan fingerprint density at radius 3 is 2.00 bits per heavy atom. The Balaban J connectivity index is 3.71. The zero-order valence-electron chi connectivity index (χ0n) is 14.6. The van der Waals surface area contributed by atoms with Gasteiger partial charge in [0.1, 0.15) is 0 Å². The SMILES string of the molecule is CCCCCCCCC/C=C(\CCCCCCC(=O)O)[N+](=O)[O-]. The molecule has 0 atom stereocenters. The van der Waals surface area contributed by atoms with E-state index < -0.39 is 5.97 Å². The molecule has 0 aliphatic heterocycles. The molecule has 0 aliphatic rings. The van der Waals surface area contributed by atoms with Crippen molar-refractivity contribution in [3.63, 3.8) is 0 Å². The smallest absolute Gasteiger partial charge is 0.303 e. The number of carbonyl (C=O) groups is 1. The Kier molecular flexibility index (Phi) is 14.6. The highest BCUT2D eigenvalue weighted by molar-refractivity contribution is 5.66. The standard InChI is InChI=1S/C18H33NO4/c1-2-3-4-5-6-7-8-11-14-17(19(22)23)15-12-9-10-13-16-18(20)21/h14H,2-13,15-16H2,1H3,(H,20,21)/b17-14+. The molecule has 0 spiro atoms. The molecule has 23 heavy (non-hydrogen) atoms. The lowest BCUT2D eigenvalue weighted by atomic mass is 10.1. The van der Waals surface area contributed by atoms with Gasteiger partial charge in [0.2, 0.25) is 5.70 Å². The summed E-state index contributed by atoms with van der Waals surface area (Å²) in [5.41, 5.74) is 0.328. The maximum absolute atomic E-state index is 11.0. The van der Waals surface area contributed by atoms with E-state index >= 15 is 0 Å². The first-order valence-electron chi connectivity index (χ1n) is 9.13. The molecule has 0 aromatic rings. The second-order valence-corrected chi connectivity index (χ2v) is 6.17. The van der Waals surface area contributed by atoms with E-state index in [1.807, 2.05) is 0 Å². The van der Waals surface area contributed by atoms with Crippen molar-refractivity contribution >= 4 is 5.97 Å². The van der Waals surface area contributed by atoms with Gasteiger partial charge in [0, 0.05) is 12.8 Å². The first-order valence-corrected chi connectivity index (χ1v) is 9.13. The number of hydrogen-bond donors (Lipinski definition) is 1. The predicted octanol–water partition coefficient (Wildman–Crippen LogP) is 5.71. The first-order chi connectivity index (χ1) is 11.1. The third-order valence-corrected chi connectivity index (χ3v) is 4.00. The Hall–Kier alpha value is -1.39. The van der Waals surface area contributed by atoms with Gasteiger partial charge in [0.25, 0.3) is 0 Å². The topological polar surface area (TPSA) is 80.4 Å². The van der Waals surface area contributed by atoms with Crippen molar-refractivity contribution in [2.24, 2.45) is 0 Å². The normalized spacial score (nSPS) is 11.6. The van der Waals surface area contributed by atoms with E-state index in [1.165, 1.54) is 32.1 Å². The molecule has 0 heterocycles. The molecule has 134 valence electrons. The minimum absolute atomic E-state index is 0.191. The number of nitrogens with zero attached hydrogens (tertiary/aromatic N) is 1. The van der Waals surface area contributed by atoms with Gasteiger partial charge in [-0.3, -0.25) is 14.9 Å². The lowest BCUT2D eigenvalue weighted by molar-refractivity contribution is -0.428. The number of nitro groups is 1. The molecule has 5 nitrogen and oxygen atoms in total. The maximum Gasteiger partial charge on any atom is 0.303 e. The van der Waals surface area contributed by atoms with Gasteiger partial charge in [0.05, 0.1) is 4.92 Å². The summed E-state index contributed by atoms with van der Waals surface area (Å²) in [4.78, 5) is 21.1. The van der Waals surface area contributed by atoms with Crippen LogP contribution in [-0.4, -0.2) is 16.0 Å². The summed E-state index contributed by atoms with van der Waals surface area (Å²) >= 11 is 0. The van der Waals surface area contributed by atoms with Crippen molar-refractivity contribution in [3.8, 4) is 0 Å². The minimum Gasteiger partial charge on any atom is -0.481 e. The lowest BCUT2D eigenvalue weighted by Crippen LogP contribution is -1.99. The van der Waals surface area contributed by atoms with Crippen LogP contribution >= 0.6 is 0 Å². The number of carboxylic acids is 1. The summed E-state index contributed by atoms with van der Waals surface area (Å²) < 4.78 is 0. The number of aliphatic carboxylic acids is 1. The number of carboxylic acid groups (broad SMARTS) is 1. The molecule has 0 saturated heterocycles. The summed E-state index contributed by atoms with van der Waals surface area (Å²) in [6.07, 6.45) is 14.9. The van der Waals surface area contributed by atoms with E-state index in [9.17, 15) is 14.9 Å². The average molecular weight is 327 g/mol. The molecule has 0 saturated carbocycles. The van der Waals surface area contributed by atoms with E-state index in [2.05, 4.69) is 6.92 Å². The second kappa shape index (κ2) is 15.5. The molecular weight excluding hydrogens is 294 g/mol. The van der Waals surface area contributed by atoms with E-state index in [1.54, 1.807) is 6.08 Å². The fourth-order valence-corrected chi connectivity index (χ4v) is 2.57. The molecule has 1 N–H and O–H groups in total. The molecule has 5 heteroatoms. The third kappa shape index (κ3) is 15.3. The summed E-state index contributed by atoms with van der Waals surface area (Å²) in [7, 11) is 0. The van der Waals surface area contributed by atoms with Gasteiger partial charge in [-0.1, -0.05) is 58.3 Å². The maximum atomic E-state index is 11.0. The number of unbranched alkanes of at least 4 members (excludes halogenated alkanes) is 10. The van der Waals surface area contributed by atoms with Crippen molar-refractivity contribution in [2.75, 3.05) is 0 Å². The fourth-order valence-electron chi connectivity index (χ4n) is 2.57. The van der Waals surface area contributed by atoms with Crippen LogP contribution in [0.15, 0.2) is 11.8 Å². The summed E-state index contributed by atoms with van der Waals surface area (Å²) in [5.74, 6) is -0.773. The molecule has 0 aliphatic carbocycles. The van der Waals surface area contributed by atoms with Gasteiger partial charge in [-0.15, -0.1) is 0 Å². The predicted molar refractivity (Wildman–Crippen MR) is 93.0 cm³/mol. The van der Waals surface area contributed by atoms with Gasteiger partial charge < -0.3 is 5.11 Å².